The van der Waals surface area contributed by atoms with Gasteiger partial charge in [0.05, 0.1) is 6.61 Å². The average Bonchev–Trinajstić information content (AvgIpc) is 2.74. The van der Waals surface area contributed by atoms with Crippen molar-refractivity contribution in [3.63, 3.8) is 0 Å². The van der Waals surface area contributed by atoms with Gasteiger partial charge < -0.3 is 5.73 Å². The maximum absolute atomic E-state index is 11.9. The molecular weight excluding hydrogens is 233 g/mol. The Bertz CT molecular complexity index is 205. The van der Waals surface area contributed by atoms with Crippen LogP contribution in [0.15, 0.2) is 0 Å². The van der Waals surface area contributed by atoms with Crippen LogP contribution in [0.4, 0.5) is 13.2 Å². The molecule has 0 spiro atoms. The van der Waals surface area contributed by atoms with Crippen LogP contribution in [0.2, 0.25) is 0 Å². The third-order valence-corrected chi connectivity index (χ3v) is 3.13. The lowest BCUT2D eigenvalue weighted by atomic mass is 10.2. The highest BCUT2D eigenvalue weighted by molar-refractivity contribution is 4.77. The SMILES string of the molecule is NCCCN(CCOC(F)(F)F)C1CCCC1. The quantitative estimate of drug-likeness (QED) is 0.756. The van der Waals surface area contributed by atoms with Gasteiger partial charge in [0.1, 0.15) is 0 Å². The first-order valence-corrected chi connectivity index (χ1v) is 6.18. The van der Waals surface area contributed by atoms with Crippen LogP contribution in [0.5, 0.6) is 0 Å². The van der Waals surface area contributed by atoms with Crippen LogP contribution < -0.4 is 5.73 Å². The molecule has 102 valence electrons. The van der Waals surface area contributed by atoms with E-state index in [4.69, 9.17) is 5.73 Å². The van der Waals surface area contributed by atoms with Crippen LogP contribution >= 0.6 is 0 Å². The molecule has 0 aromatic carbocycles. The molecule has 2 N–H and O–H groups in total. The molecule has 1 fully saturated rings. The molecule has 1 saturated carbocycles. The number of hydrogen-bond donors (Lipinski definition) is 1. The van der Waals surface area contributed by atoms with Gasteiger partial charge in [-0.05, 0) is 32.4 Å². The van der Waals surface area contributed by atoms with E-state index in [0.717, 1.165) is 25.8 Å². The Kier molecular flexibility index (Phi) is 6.22. The van der Waals surface area contributed by atoms with Gasteiger partial charge >= 0.3 is 6.36 Å². The summed E-state index contributed by atoms with van der Waals surface area (Å²) in [6, 6.07) is 0.415. The van der Waals surface area contributed by atoms with Crippen LogP contribution in [-0.4, -0.2) is 43.5 Å². The van der Waals surface area contributed by atoms with Gasteiger partial charge in [-0.2, -0.15) is 0 Å². The molecule has 1 aliphatic carbocycles. The highest BCUT2D eigenvalue weighted by atomic mass is 19.4. The van der Waals surface area contributed by atoms with Gasteiger partial charge in [-0.15, -0.1) is 13.2 Å². The molecule has 6 heteroatoms. The molecule has 0 unspecified atom stereocenters. The molecule has 0 heterocycles. The molecule has 0 amide bonds. The molecule has 1 aliphatic rings. The first-order chi connectivity index (χ1) is 8.03. The van der Waals surface area contributed by atoms with Crippen LogP contribution in [0.25, 0.3) is 0 Å². The minimum absolute atomic E-state index is 0.287. The highest BCUT2D eigenvalue weighted by Gasteiger charge is 2.30. The first-order valence-electron chi connectivity index (χ1n) is 6.18. The third-order valence-electron chi connectivity index (χ3n) is 3.13. The van der Waals surface area contributed by atoms with Gasteiger partial charge in [0.2, 0.25) is 0 Å². The number of nitrogens with zero attached hydrogens (tertiary/aromatic N) is 1. The Morgan fingerprint density at radius 2 is 1.82 bits per heavy atom. The lowest BCUT2D eigenvalue weighted by Gasteiger charge is -2.28. The van der Waals surface area contributed by atoms with Crippen molar-refractivity contribution in [3.05, 3.63) is 0 Å². The smallest absolute Gasteiger partial charge is 0.330 e. The van der Waals surface area contributed by atoms with E-state index in [1.165, 1.54) is 12.8 Å². The van der Waals surface area contributed by atoms with Gasteiger partial charge in [-0.25, -0.2) is 0 Å². The normalized spacial score (nSPS) is 18.2. The summed E-state index contributed by atoms with van der Waals surface area (Å²) < 4.78 is 39.5. The van der Waals surface area contributed by atoms with Crippen molar-refractivity contribution in [1.29, 1.82) is 0 Å². The van der Waals surface area contributed by atoms with Gasteiger partial charge in [0.25, 0.3) is 0 Å². The summed E-state index contributed by atoms with van der Waals surface area (Å²) in [6.45, 7) is 1.39. The van der Waals surface area contributed by atoms with E-state index >= 15 is 0 Å². The number of ether oxygens (including phenoxy) is 1. The molecule has 1 rings (SSSR count). The summed E-state index contributed by atoms with van der Waals surface area (Å²) >= 11 is 0. The first kappa shape index (κ1) is 14.7. The number of halogens is 3. The van der Waals surface area contributed by atoms with Gasteiger partial charge in [-0.1, -0.05) is 12.8 Å². The zero-order valence-electron chi connectivity index (χ0n) is 10.0. The van der Waals surface area contributed by atoms with Crippen LogP contribution in [0.1, 0.15) is 32.1 Å². The van der Waals surface area contributed by atoms with Crippen molar-refractivity contribution in [1.82, 2.24) is 4.90 Å². The zero-order chi connectivity index (χ0) is 12.7. The van der Waals surface area contributed by atoms with Gasteiger partial charge in [-0.3, -0.25) is 9.64 Å². The topological polar surface area (TPSA) is 38.5 Å². The van der Waals surface area contributed by atoms with Crippen molar-refractivity contribution in [2.75, 3.05) is 26.2 Å². The predicted molar refractivity (Wildman–Crippen MR) is 59.5 cm³/mol. The Labute approximate surface area is 100 Å². The number of hydrogen-bond acceptors (Lipinski definition) is 3. The van der Waals surface area contributed by atoms with Gasteiger partial charge in [0, 0.05) is 12.6 Å². The minimum atomic E-state index is -4.52. The second-order valence-corrected chi connectivity index (χ2v) is 4.41. The molecule has 0 aromatic rings. The Morgan fingerprint density at radius 1 is 1.18 bits per heavy atom. The highest BCUT2D eigenvalue weighted by Crippen LogP contribution is 2.24. The second kappa shape index (κ2) is 7.18. The third kappa shape index (κ3) is 6.24. The Morgan fingerprint density at radius 3 is 2.35 bits per heavy atom. The van der Waals surface area contributed by atoms with Crippen LogP contribution in [-0.2, 0) is 4.74 Å². The van der Waals surface area contributed by atoms with Crippen molar-refractivity contribution >= 4 is 0 Å². The van der Waals surface area contributed by atoms with Gasteiger partial charge in [0.15, 0.2) is 0 Å². The van der Waals surface area contributed by atoms with E-state index in [9.17, 15) is 13.2 Å². The van der Waals surface area contributed by atoms with Crippen molar-refractivity contribution < 1.29 is 17.9 Å². The van der Waals surface area contributed by atoms with Crippen LogP contribution in [0, 0.1) is 0 Å². The van der Waals surface area contributed by atoms with E-state index in [1.807, 2.05) is 0 Å². The zero-order valence-corrected chi connectivity index (χ0v) is 10.0. The van der Waals surface area contributed by atoms with E-state index in [2.05, 4.69) is 9.64 Å². The molecule has 0 atom stereocenters. The fraction of sp³-hybridized carbons (Fsp3) is 1.00. The lowest BCUT2D eigenvalue weighted by molar-refractivity contribution is -0.325. The molecule has 0 bridgehead atoms. The average molecular weight is 254 g/mol. The van der Waals surface area contributed by atoms with E-state index < -0.39 is 6.36 Å². The second-order valence-electron chi connectivity index (χ2n) is 4.41. The fourth-order valence-electron chi connectivity index (χ4n) is 2.32. The van der Waals surface area contributed by atoms with E-state index in [0.29, 0.717) is 19.1 Å². The molecular formula is C11H21F3N2O. The van der Waals surface area contributed by atoms with Crippen molar-refractivity contribution in [2.24, 2.45) is 5.73 Å². The summed E-state index contributed by atoms with van der Waals surface area (Å²) in [5.74, 6) is 0. The Hall–Kier alpha value is -0.330. The number of alkyl halides is 3. The van der Waals surface area contributed by atoms with Crippen LogP contribution in [0.3, 0.4) is 0 Å². The van der Waals surface area contributed by atoms with Crippen molar-refractivity contribution in [3.8, 4) is 0 Å². The summed E-state index contributed by atoms with van der Waals surface area (Å²) in [7, 11) is 0. The minimum Gasteiger partial charge on any atom is -0.330 e. The number of rotatable bonds is 7. The lowest BCUT2D eigenvalue weighted by Crippen LogP contribution is -2.38. The van der Waals surface area contributed by atoms with E-state index in [1.54, 1.807) is 0 Å². The summed E-state index contributed by atoms with van der Waals surface area (Å²) in [4.78, 5) is 2.09. The number of nitrogens with two attached hydrogens (primary N) is 1. The predicted octanol–water partition coefficient (Wildman–Crippen LogP) is 2.12. The maximum Gasteiger partial charge on any atom is 0.522 e. The monoisotopic (exact) mass is 254 g/mol. The molecule has 0 aromatic heterocycles. The maximum atomic E-state index is 11.9. The largest absolute Gasteiger partial charge is 0.522 e. The summed E-state index contributed by atoms with van der Waals surface area (Å²) in [5, 5.41) is 0. The molecule has 0 aliphatic heterocycles. The summed E-state index contributed by atoms with van der Waals surface area (Å²) in [6.07, 6.45) is 0.804. The molecule has 3 nitrogen and oxygen atoms in total. The molecule has 0 radical (unpaired) electrons. The standard InChI is InChI=1S/C11H21F3N2O/c12-11(13,14)17-9-8-16(7-3-6-15)10-4-1-2-5-10/h10H,1-9,15H2. The Balaban J connectivity index is 2.29. The van der Waals surface area contributed by atoms with Crippen molar-refractivity contribution in [2.45, 2.75) is 44.5 Å². The van der Waals surface area contributed by atoms with E-state index in [-0.39, 0.29) is 6.61 Å². The summed E-state index contributed by atoms with van der Waals surface area (Å²) in [5.41, 5.74) is 5.44. The fourth-order valence-corrected chi connectivity index (χ4v) is 2.32. The molecule has 0 saturated heterocycles. The molecule has 17 heavy (non-hydrogen) atoms.